The summed E-state index contributed by atoms with van der Waals surface area (Å²) < 4.78 is 1.43. The molecule has 2 atom stereocenters. The van der Waals surface area contributed by atoms with E-state index in [1.165, 1.54) is 4.57 Å². The number of carbonyl (C=O) groups is 1. The highest BCUT2D eigenvalue weighted by Crippen LogP contribution is 2.23. The molecule has 1 aromatic heterocycles. The van der Waals surface area contributed by atoms with E-state index in [1.54, 1.807) is 30.3 Å². The summed E-state index contributed by atoms with van der Waals surface area (Å²) >= 11 is 0. The largest absolute Gasteiger partial charge is 0.334 e. The Morgan fingerprint density at radius 3 is 2.95 bits per heavy atom. The minimum Gasteiger partial charge on any atom is -0.334 e. The molecule has 5 heteroatoms. The first-order valence-electron chi connectivity index (χ1n) is 6.73. The number of nitrogens with two attached hydrogens (primary N) is 1. The third kappa shape index (κ3) is 2.56. The third-order valence-electron chi connectivity index (χ3n) is 3.97. The summed E-state index contributed by atoms with van der Waals surface area (Å²) in [6.45, 7) is 3.24. The fourth-order valence-electron chi connectivity index (χ4n) is 2.78. The fraction of sp³-hybridized carbons (Fsp3) is 0.571. The molecule has 0 aromatic carbocycles. The van der Waals surface area contributed by atoms with Crippen LogP contribution >= 0.6 is 0 Å². The summed E-state index contributed by atoms with van der Waals surface area (Å²) in [5, 5.41) is 0. The van der Waals surface area contributed by atoms with Gasteiger partial charge in [-0.05, 0) is 30.9 Å². The van der Waals surface area contributed by atoms with Gasteiger partial charge in [0.25, 0.3) is 11.5 Å². The number of aromatic nitrogens is 1. The standard InChI is InChI=1S/C14H21N3O2/c1-10-5-3-8-17(12(10)9-15)14(19)11-6-4-7-16(2)13(11)18/h4,6-7,10,12H,3,5,8-9,15H2,1-2H3/t10-,12+/m1/s1. The number of likely N-dealkylation sites (tertiary alicyclic amines) is 1. The molecule has 104 valence electrons. The van der Waals surface area contributed by atoms with Crippen LogP contribution in [0.5, 0.6) is 0 Å². The zero-order chi connectivity index (χ0) is 14.0. The quantitative estimate of drug-likeness (QED) is 0.849. The van der Waals surface area contributed by atoms with Gasteiger partial charge in [-0.15, -0.1) is 0 Å². The molecule has 0 aliphatic carbocycles. The molecule has 1 saturated heterocycles. The molecule has 0 radical (unpaired) electrons. The average molecular weight is 263 g/mol. The van der Waals surface area contributed by atoms with E-state index >= 15 is 0 Å². The zero-order valence-corrected chi connectivity index (χ0v) is 11.5. The molecule has 1 aromatic rings. The Labute approximate surface area is 113 Å². The third-order valence-corrected chi connectivity index (χ3v) is 3.97. The Balaban J connectivity index is 2.32. The van der Waals surface area contributed by atoms with Gasteiger partial charge < -0.3 is 15.2 Å². The van der Waals surface area contributed by atoms with Crippen LogP contribution in [0.2, 0.25) is 0 Å². The predicted octanol–water partition coefficient (Wildman–Crippen LogP) is 0.585. The Morgan fingerprint density at radius 1 is 1.53 bits per heavy atom. The summed E-state index contributed by atoms with van der Waals surface area (Å²) in [5.41, 5.74) is 5.78. The van der Waals surface area contributed by atoms with E-state index in [9.17, 15) is 9.59 Å². The van der Waals surface area contributed by atoms with Gasteiger partial charge in [-0.1, -0.05) is 6.92 Å². The number of nitrogens with zero attached hydrogens (tertiary/aromatic N) is 2. The highest BCUT2D eigenvalue weighted by molar-refractivity contribution is 5.94. The summed E-state index contributed by atoms with van der Waals surface area (Å²) in [5.74, 6) is 0.193. The van der Waals surface area contributed by atoms with E-state index in [2.05, 4.69) is 6.92 Å². The van der Waals surface area contributed by atoms with Gasteiger partial charge in [0.05, 0.1) is 0 Å². The van der Waals surface area contributed by atoms with Crippen molar-refractivity contribution in [3.05, 3.63) is 34.2 Å². The van der Waals surface area contributed by atoms with E-state index in [0.717, 1.165) is 12.8 Å². The van der Waals surface area contributed by atoms with Crippen molar-refractivity contribution in [1.29, 1.82) is 0 Å². The van der Waals surface area contributed by atoms with Gasteiger partial charge in [0.1, 0.15) is 5.56 Å². The van der Waals surface area contributed by atoms with Crippen molar-refractivity contribution < 1.29 is 4.79 Å². The number of carbonyl (C=O) groups excluding carboxylic acids is 1. The summed E-state index contributed by atoms with van der Waals surface area (Å²) in [4.78, 5) is 26.3. The zero-order valence-electron chi connectivity index (χ0n) is 11.5. The average Bonchev–Trinajstić information content (AvgIpc) is 2.41. The maximum atomic E-state index is 12.5. The van der Waals surface area contributed by atoms with Crippen LogP contribution in [-0.2, 0) is 7.05 Å². The highest BCUT2D eigenvalue weighted by atomic mass is 16.2. The number of pyridine rings is 1. The number of amides is 1. The number of piperidine rings is 1. The molecule has 0 saturated carbocycles. The highest BCUT2D eigenvalue weighted by Gasteiger charge is 2.32. The Hall–Kier alpha value is -1.62. The summed E-state index contributed by atoms with van der Waals surface area (Å²) in [7, 11) is 1.65. The van der Waals surface area contributed by atoms with Crippen LogP contribution in [0.1, 0.15) is 30.1 Å². The molecule has 2 heterocycles. The van der Waals surface area contributed by atoms with Crippen LogP contribution in [0.25, 0.3) is 0 Å². The number of hydrogen-bond acceptors (Lipinski definition) is 3. The predicted molar refractivity (Wildman–Crippen MR) is 74.0 cm³/mol. The lowest BCUT2D eigenvalue weighted by Gasteiger charge is -2.39. The van der Waals surface area contributed by atoms with Crippen molar-refractivity contribution in [2.24, 2.45) is 18.7 Å². The van der Waals surface area contributed by atoms with Crippen LogP contribution in [0.4, 0.5) is 0 Å². The molecule has 0 unspecified atom stereocenters. The van der Waals surface area contributed by atoms with Gasteiger partial charge in [-0.25, -0.2) is 0 Å². The second-order valence-corrected chi connectivity index (χ2v) is 5.26. The number of aryl methyl sites for hydroxylation is 1. The van der Waals surface area contributed by atoms with Crippen LogP contribution in [0, 0.1) is 5.92 Å². The number of rotatable bonds is 2. The van der Waals surface area contributed by atoms with Crippen molar-refractivity contribution in [3.8, 4) is 0 Å². The monoisotopic (exact) mass is 263 g/mol. The van der Waals surface area contributed by atoms with Crippen LogP contribution in [0.3, 0.4) is 0 Å². The molecule has 1 aliphatic rings. The second kappa shape index (κ2) is 5.57. The smallest absolute Gasteiger partial charge is 0.263 e. The minimum absolute atomic E-state index is 0.0335. The molecule has 2 rings (SSSR count). The van der Waals surface area contributed by atoms with Crippen molar-refractivity contribution in [2.45, 2.75) is 25.8 Å². The molecule has 2 N–H and O–H groups in total. The van der Waals surface area contributed by atoms with Gasteiger partial charge in [0.15, 0.2) is 0 Å². The Kier molecular flexibility index (Phi) is 4.04. The van der Waals surface area contributed by atoms with Crippen molar-refractivity contribution in [3.63, 3.8) is 0 Å². The van der Waals surface area contributed by atoms with Gasteiger partial charge >= 0.3 is 0 Å². The van der Waals surface area contributed by atoms with Crippen molar-refractivity contribution in [2.75, 3.05) is 13.1 Å². The molecule has 5 nitrogen and oxygen atoms in total. The molecule has 0 spiro atoms. The summed E-state index contributed by atoms with van der Waals surface area (Å²) in [6, 6.07) is 3.35. The minimum atomic E-state index is -0.249. The number of hydrogen-bond donors (Lipinski definition) is 1. The fourth-order valence-corrected chi connectivity index (χ4v) is 2.78. The lowest BCUT2D eigenvalue weighted by atomic mass is 9.90. The molecule has 1 fully saturated rings. The van der Waals surface area contributed by atoms with Gasteiger partial charge in [-0.3, -0.25) is 9.59 Å². The summed E-state index contributed by atoms with van der Waals surface area (Å²) in [6.07, 6.45) is 3.70. The van der Waals surface area contributed by atoms with Crippen LogP contribution < -0.4 is 11.3 Å². The Morgan fingerprint density at radius 2 is 2.26 bits per heavy atom. The van der Waals surface area contributed by atoms with Crippen LogP contribution in [-0.4, -0.2) is 34.5 Å². The van der Waals surface area contributed by atoms with E-state index in [1.807, 2.05) is 0 Å². The van der Waals surface area contributed by atoms with E-state index in [0.29, 0.717) is 19.0 Å². The first-order chi connectivity index (χ1) is 9.06. The first-order valence-corrected chi connectivity index (χ1v) is 6.73. The van der Waals surface area contributed by atoms with E-state index in [4.69, 9.17) is 5.73 Å². The molecule has 1 amide bonds. The maximum absolute atomic E-state index is 12.5. The SMILES string of the molecule is C[C@@H]1CCCN(C(=O)c2cccn(C)c2=O)[C@H]1CN. The topological polar surface area (TPSA) is 68.3 Å². The molecule has 19 heavy (non-hydrogen) atoms. The van der Waals surface area contributed by atoms with Crippen molar-refractivity contribution >= 4 is 5.91 Å². The lowest BCUT2D eigenvalue weighted by Crippen LogP contribution is -2.52. The Bertz CT molecular complexity index is 524. The molecular formula is C14H21N3O2. The second-order valence-electron chi connectivity index (χ2n) is 5.26. The van der Waals surface area contributed by atoms with E-state index in [-0.39, 0.29) is 23.1 Å². The van der Waals surface area contributed by atoms with E-state index < -0.39 is 0 Å². The maximum Gasteiger partial charge on any atom is 0.263 e. The van der Waals surface area contributed by atoms with Gasteiger partial charge in [0, 0.05) is 32.4 Å². The molecule has 0 bridgehead atoms. The normalized spacial score (nSPS) is 23.4. The van der Waals surface area contributed by atoms with Gasteiger partial charge in [0.2, 0.25) is 0 Å². The molecular weight excluding hydrogens is 242 g/mol. The van der Waals surface area contributed by atoms with Gasteiger partial charge in [-0.2, -0.15) is 0 Å². The molecule has 1 aliphatic heterocycles. The lowest BCUT2D eigenvalue weighted by molar-refractivity contribution is 0.0530. The van der Waals surface area contributed by atoms with Crippen molar-refractivity contribution in [1.82, 2.24) is 9.47 Å². The van der Waals surface area contributed by atoms with Crippen LogP contribution in [0.15, 0.2) is 23.1 Å². The first kappa shape index (κ1) is 13.8.